The Balaban J connectivity index is 1.47. The molecule has 1 N–H and O–H groups in total. The van der Waals surface area contributed by atoms with Crippen LogP contribution in [0, 0.1) is 0 Å². The fourth-order valence-corrected chi connectivity index (χ4v) is 3.89. The van der Waals surface area contributed by atoms with Gasteiger partial charge in [0.15, 0.2) is 0 Å². The second-order valence-corrected chi connectivity index (χ2v) is 7.29. The van der Waals surface area contributed by atoms with Gasteiger partial charge >= 0.3 is 0 Å². The molecule has 0 aromatic heterocycles. The monoisotopic (exact) mass is 355 g/mol. The molecule has 2 heterocycles. The summed E-state index contributed by atoms with van der Waals surface area (Å²) in [6, 6.07) is 8.14. The minimum atomic E-state index is -0.0866. The van der Waals surface area contributed by atoms with Gasteiger partial charge in [-0.15, -0.1) is 0 Å². The van der Waals surface area contributed by atoms with Crippen molar-refractivity contribution >= 4 is 23.6 Å². The summed E-state index contributed by atoms with van der Waals surface area (Å²) in [6.45, 7) is 5.65. The van der Waals surface area contributed by atoms with Gasteiger partial charge in [0.05, 0.1) is 0 Å². The first-order valence-corrected chi connectivity index (χ1v) is 9.70. The highest BCUT2D eigenvalue weighted by Gasteiger charge is 2.26. The average Bonchev–Trinajstić information content (AvgIpc) is 2.67. The molecule has 3 rings (SSSR count). The summed E-state index contributed by atoms with van der Waals surface area (Å²) in [5.74, 6) is 0.00413. The van der Waals surface area contributed by atoms with E-state index in [1.54, 1.807) is 6.08 Å². The summed E-state index contributed by atoms with van der Waals surface area (Å²) in [5, 5.41) is 2.74. The molecule has 2 amide bonds. The standard InChI is InChI=1S/C21H29N3O2/c1-17(25)22-19-8-5-18(6-9-19)7-10-21(26)24-15-11-20(12-16-24)23-13-3-2-4-14-23/h5-10,20H,2-4,11-16H2,1H3,(H,22,25). The van der Waals surface area contributed by atoms with Crippen LogP contribution in [0.3, 0.4) is 0 Å². The van der Waals surface area contributed by atoms with Crippen molar-refractivity contribution in [1.82, 2.24) is 9.80 Å². The molecule has 5 heteroatoms. The van der Waals surface area contributed by atoms with Crippen molar-refractivity contribution in [2.45, 2.75) is 45.1 Å². The Hall–Kier alpha value is -2.14. The first-order chi connectivity index (χ1) is 12.6. The van der Waals surface area contributed by atoms with Crippen LogP contribution in [0.15, 0.2) is 30.3 Å². The zero-order valence-corrected chi connectivity index (χ0v) is 15.6. The highest BCUT2D eigenvalue weighted by atomic mass is 16.2. The van der Waals surface area contributed by atoms with Gasteiger partial charge in [0.1, 0.15) is 0 Å². The third-order valence-corrected chi connectivity index (χ3v) is 5.33. The number of nitrogens with zero attached hydrogens (tertiary/aromatic N) is 2. The van der Waals surface area contributed by atoms with E-state index in [-0.39, 0.29) is 11.8 Å². The molecule has 2 saturated heterocycles. The van der Waals surface area contributed by atoms with Gasteiger partial charge in [-0.1, -0.05) is 18.6 Å². The molecule has 0 saturated carbocycles. The lowest BCUT2D eigenvalue weighted by molar-refractivity contribution is -0.127. The van der Waals surface area contributed by atoms with E-state index in [9.17, 15) is 9.59 Å². The van der Waals surface area contributed by atoms with E-state index in [0.717, 1.165) is 37.2 Å². The van der Waals surface area contributed by atoms with Crippen LogP contribution < -0.4 is 5.32 Å². The van der Waals surface area contributed by atoms with Crippen LogP contribution >= 0.6 is 0 Å². The molecule has 26 heavy (non-hydrogen) atoms. The van der Waals surface area contributed by atoms with Gasteiger partial charge in [-0.3, -0.25) is 9.59 Å². The van der Waals surface area contributed by atoms with Gasteiger partial charge in [0.2, 0.25) is 11.8 Å². The third-order valence-electron chi connectivity index (χ3n) is 5.33. The molecule has 0 aliphatic carbocycles. The number of piperidine rings is 2. The molecule has 5 nitrogen and oxygen atoms in total. The number of rotatable bonds is 4. The number of anilines is 1. The Morgan fingerprint density at radius 3 is 2.27 bits per heavy atom. The van der Waals surface area contributed by atoms with E-state index >= 15 is 0 Å². The fraction of sp³-hybridized carbons (Fsp3) is 0.524. The maximum Gasteiger partial charge on any atom is 0.246 e. The largest absolute Gasteiger partial charge is 0.339 e. The van der Waals surface area contributed by atoms with Crippen LogP contribution in [-0.2, 0) is 9.59 Å². The molecular formula is C21H29N3O2. The van der Waals surface area contributed by atoms with Gasteiger partial charge in [-0.25, -0.2) is 0 Å². The number of carbonyl (C=O) groups excluding carboxylic acids is 2. The Bertz CT molecular complexity index is 640. The van der Waals surface area contributed by atoms with Crippen LogP contribution in [0.1, 0.15) is 44.6 Å². The molecule has 0 radical (unpaired) electrons. The summed E-state index contributed by atoms with van der Waals surface area (Å²) >= 11 is 0. The quantitative estimate of drug-likeness (QED) is 0.844. The summed E-state index contributed by atoms with van der Waals surface area (Å²) in [7, 11) is 0. The first-order valence-electron chi connectivity index (χ1n) is 9.70. The molecule has 2 fully saturated rings. The minimum absolute atomic E-state index is 0.0866. The van der Waals surface area contributed by atoms with Gasteiger partial charge in [0.25, 0.3) is 0 Å². The Kier molecular flexibility index (Phi) is 6.45. The maximum atomic E-state index is 12.4. The van der Waals surface area contributed by atoms with Crippen molar-refractivity contribution in [3.8, 4) is 0 Å². The van der Waals surface area contributed by atoms with Crippen LogP contribution in [0.2, 0.25) is 0 Å². The van der Waals surface area contributed by atoms with Gasteiger partial charge in [0, 0.05) is 37.8 Å². The Morgan fingerprint density at radius 2 is 1.65 bits per heavy atom. The van der Waals surface area contributed by atoms with E-state index in [2.05, 4.69) is 10.2 Å². The van der Waals surface area contributed by atoms with Crippen molar-refractivity contribution in [3.63, 3.8) is 0 Å². The topological polar surface area (TPSA) is 52.7 Å². The number of nitrogens with one attached hydrogen (secondary N) is 1. The highest BCUT2D eigenvalue weighted by molar-refractivity contribution is 5.92. The van der Waals surface area contributed by atoms with E-state index < -0.39 is 0 Å². The van der Waals surface area contributed by atoms with Crippen LogP contribution in [-0.4, -0.2) is 53.8 Å². The van der Waals surface area contributed by atoms with E-state index in [4.69, 9.17) is 0 Å². The summed E-state index contributed by atoms with van der Waals surface area (Å²) in [4.78, 5) is 28.1. The van der Waals surface area contributed by atoms with Gasteiger partial charge in [-0.05, 0) is 62.5 Å². The maximum absolute atomic E-state index is 12.4. The Labute approximate surface area is 156 Å². The smallest absolute Gasteiger partial charge is 0.246 e. The number of likely N-dealkylation sites (tertiary alicyclic amines) is 2. The lowest BCUT2D eigenvalue weighted by Crippen LogP contribution is -2.47. The molecular weight excluding hydrogens is 326 g/mol. The van der Waals surface area contributed by atoms with Gasteiger partial charge in [-0.2, -0.15) is 0 Å². The predicted molar refractivity (Wildman–Crippen MR) is 105 cm³/mol. The highest BCUT2D eigenvalue weighted by Crippen LogP contribution is 2.21. The molecule has 0 spiro atoms. The molecule has 1 aromatic rings. The third kappa shape index (κ3) is 5.18. The Morgan fingerprint density at radius 1 is 1.00 bits per heavy atom. The molecule has 1 aromatic carbocycles. The van der Waals surface area contributed by atoms with E-state index in [1.807, 2.05) is 35.2 Å². The lowest BCUT2D eigenvalue weighted by Gasteiger charge is -2.40. The van der Waals surface area contributed by atoms with Crippen molar-refractivity contribution in [1.29, 1.82) is 0 Å². The molecule has 2 aliphatic rings. The number of carbonyl (C=O) groups is 2. The normalized spacial score (nSPS) is 19.7. The van der Waals surface area contributed by atoms with Crippen LogP contribution in [0.5, 0.6) is 0 Å². The summed E-state index contributed by atoms with van der Waals surface area (Å²) < 4.78 is 0. The second-order valence-electron chi connectivity index (χ2n) is 7.29. The van der Waals surface area contributed by atoms with E-state index in [1.165, 1.54) is 39.3 Å². The molecule has 0 bridgehead atoms. The average molecular weight is 355 g/mol. The van der Waals surface area contributed by atoms with Crippen molar-refractivity contribution < 1.29 is 9.59 Å². The molecule has 140 valence electrons. The van der Waals surface area contributed by atoms with Crippen molar-refractivity contribution in [2.24, 2.45) is 0 Å². The molecule has 0 unspecified atom stereocenters. The lowest BCUT2D eigenvalue weighted by atomic mass is 10.00. The second kappa shape index (κ2) is 8.99. The number of hydrogen-bond acceptors (Lipinski definition) is 3. The number of hydrogen-bond donors (Lipinski definition) is 1. The predicted octanol–water partition coefficient (Wildman–Crippen LogP) is 3.14. The van der Waals surface area contributed by atoms with Crippen molar-refractivity contribution in [2.75, 3.05) is 31.5 Å². The van der Waals surface area contributed by atoms with Crippen molar-refractivity contribution in [3.05, 3.63) is 35.9 Å². The SMILES string of the molecule is CC(=O)Nc1ccc(C=CC(=O)N2CCC(N3CCCCC3)CC2)cc1. The summed E-state index contributed by atoms with van der Waals surface area (Å²) in [5.41, 5.74) is 1.72. The zero-order valence-electron chi connectivity index (χ0n) is 15.6. The molecule has 2 aliphatic heterocycles. The van der Waals surface area contributed by atoms with E-state index in [0.29, 0.717) is 6.04 Å². The summed E-state index contributed by atoms with van der Waals surface area (Å²) in [6.07, 6.45) is 9.69. The number of amides is 2. The first kappa shape index (κ1) is 18.6. The zero-order chi connectivity index (χ0) is 18.4. The minimum Gasteiger partial charge on any atom is -0.339 e. The van der Waals surface area contributed by atoms with Crippen LogP contribution in [0.4, 0.5) is 5.69 Å². The number of benzene rings is 1. The molecule has 0 atom stereocenters. The van der Waals surface area contributed by atoms with Gasteiger partial charge < -0.3 is 15.1 Å². The fourth-order valence-electron chi connectivity index (χ4n) is 3.89. The van der Waals surface area contributed by atoms with Crippen LogP contribution in [0.25, 0.3) is 6.08 Å².